The van der Waals surface area contributed by atoms with Gasteiger partial charge in [0.25, 0.3) is 0 Å². The lowest BCUT2D eigenvalue weighted by molar-refractivity contribution is -0.146. The van der Waals surface area contributed by atoms with E-state index in [-0.39, 0.29) is 36.5 Å². The second kappa shape index (κ2) is 7.62. The number of hydrogen-bond donors (Lipinski definition) is 1. The summed E-state index contributed by atoms with van der Waals surface area (Å²) in [5.41, 5.74) is 0.920. The van der Waals surface area contributed by atoms with Crippen LogP contribution >= 0.6 is 0 Å². The summed E-state index contributed by atoms with van der Waals surface area (Å²) in [5, 5.41) is 2.98. The summed E-state index contributed by atoms with van der Waals surface area (Å²) < 4.78 is 11.6. The maximum Gasteiger partial charge on any atom is 0.246 e. The number of fused-ring (bicyclic) bond motifs is 2. The van der Waals surface area contributed by atoms with Gasteiger partial charge in [-0.1, -0.05) is 13.8 Å². The topological polar surface area (TPSA) is 84.7 Å². The van der Waals surface area contributed by atoms with Crippen molar-refractivity contribution in [1.29, 1.82) is 0 Å². The quantitative estimate of drug-likeness (QED) is 0.868. The maximum atomic E-state index is 13.0. The molecule has 27 heavy (non-hydrogen) atoms. The van der Waals surface area contributed by atoms with Crippen molar-refractivity contribution in [1.82, 2.24) is 15.2 Å². The SMILES string of the molecule is CC(C)CCc1nc2c(o1)CCN(C(=O)[C@H]1CC[C@@H]3NC(=O)CO[C@H]3C1)C2. The molecule has 1 aromatic rings. The van der Waals surface area contributed by atoms with Gasteiger partial charge in [-0.25, -0.2) is 4.98 Å². The summed E-state index contributed by atoms with van der Waals surface area (Å²) in [6, 6.07) is 0.0577. The van der Waals surface area contributed by atoms with Gasteiger partial charge in [0, 0.05) is 25.3 Å². The van der Waals surface area contributed by atoms with Gasteiger partial charge in [0.05, 0.1) is 18.7 Å². The molecule has 0 bridgehead atoms. The van der Waals surface area contributed by atoms with E-state index in [1.807, 2.05) is 4.90 Å². The number of morpholine rings is 1. The van der Waals surface area contributed by atoms with Crippen molar-refractivity contribution >= 4 is 11.8 Å². The first-order chi connectivity index (χ1) is 13.0. The van der Waals surface area contributed by atoms with Crippen LogP contribution in [0.15, 0.2) is 4.42 Å². The highest BCUT2D eigenvalue weighted by Gasteiger charge is 2.40. The molecule has 2 amide bonds. The zero-order valence-corrected chi connectivity index (χ0v) is 16.2. The fraction of sp³-hybridized carbons (Fsp3) is 0.750. The molecule has 148 valence electrons. The van der Waals surface area contributed by atoms with Crippen molar-refractivity contribution in [2.24, 2.45) is 11.8 Å². The Bertz CT molecular complexity index is 714. The van der Waals surface area contributed by atoms with Gasteiger partial charge in [-0.15, -0.1) is 0 Å². The number of rotatable bonds is 4. The number of nitrogens with one attached hydrogen (secondary N) is 1. The number of amides is 2. The van der Waals surface area contributed by atoms with E-state index >= 15 is 0 Å². The van der Waals surface area contributed by atoms with E-state index in [9.17, 15) is 9.59 Å². The lowest BCUT2D eigenvalue weighted by Crippen LogP contribution is -2.55. The van der Waals surface area contributed by atoms with Crippen LogP contribution in [0.5, 0.6) is 0 Å². The van der Waals surface area contributed by atoms with Crippen LogP contribution in [0.25, 0.3) is 0 Å². The molecule has 2 aliphatic heterocycles. The van der Waals surface area contributed by atoms with E-state index in [1.54, 1.807) is 0 Å². The van der Waals surface area contributed by atoms with Gasteiger partial charge in [0.15, 0.2) is 5.89 Å². The third-order valence-corrected chi connectivity index (χ3v) is 5.94. The highest BCUT2D eigenvalue weighted by molar-refractivity contribution is 5.80. The van der Waals surface area contributed by atoms with Gasteiger partial charge in [0.1, 0.15) is 18.1 Å². The van der Waals surface area contributed by atoms with E-state index in [2.05, 4.69) is 24.1 Å². The van der Waals surface area contributed by atoms with Gasteiger partial charge in [-0.3, -0.25) is 9.59 Å². The molecule has 1 aromatic heterocycles. The van der Waals surface area contributed by atoms with Crippen LogP contribution in [0.4, 0.5) is 0 Å². The molecule has 4 rings (SSSR count). The molecule has 7 nitrogen and oxygen atoms in total. The Balaban J connectivity index is 1.36. The van der Waals surface area contributed by atoms with E-state index < -0.39 is 0 Å². The lowest BCUT2D eigenvalue weighted by Gasteiger charge is -2.40. The smallest absolute Gasteiger partial charge is 0.246 e. The molecular weight excluding hydrogens is 346 g/mol. The first-order valence-electron chi connectivity index (χ1n) is 10.2. The summed E-state index contributed by atoms with van der Waals surface area (Å²) in [7, 11) is 0. The first kappa shape index (κ1) is 18.5. The van der Waals surface area contributed by atoms with Gasteiger partial charge in [-0.05, 0) is 31.6 Å². The Morgan fingerprint density at radius 3 is 3.04 bits per heavy atom. The minimum atomic E-state index is -0.0520. The van der Waals surface area contributed by atoms with E-state index in [1.165, 1.54) is 0 Å². The van der Waals surface area contributed by atoms with Gasteiger partial charge in [0.2, 0.25) is 11.8 Å². The number of nitrogens with zero attached hydrogens (tertiary/aromatic N) is 2. The molecule has 0 unspecified atom stereocenters. The number of hydrogen-bond acceptors (Lipinski definition) is 5. The van der Waals surface area contributed by atoms with Crippen molar-refractivity contribution in [3.05, 3.63) is 17.3 Å². The van der Waals surface area contributed by atoms with Crippen molar-refractivity contribution in [2.75, 3.05) is 13.2 Å². The molecular formula is C20H29N3O4. The fourth-order valence-corrected chi connectivity index (χ4v) is 4.35. The fourth-order valence-electron chi connectivity index (χ4n) is 4.35. The van der Waals surface area contributed by atoms with Crippen molar-refractivity contribution in [2.45, 2.75) is 71.1 Å². The van der Waals surface area contributed by atoms with Crippen molar-refractivity contribution < 1.29 is 18.7 Å². The Morgan fingerprint density at radius 2 is 2.22 bits per heavy atom. The van der Waals surface area contributed by atoms with Crippen LogP contribution in [0.2, 0.25) is 0 Å². The molecule has 7 heteroatoms. The third kappa shape index (κ3) is 4.03. The number of aromatic nitrogens is 1. The minimum Gasteiger partial charge on any atom is -0.445 e. The first-order valence-corrected chi connectivity index (χ1v) is 10.2. The molecule has 1 N–H and O–H groups in total. The number of carbonyl (C=O) groups is 2. The monoisotopic (exact) mass is 375 g/mol. The lowest BCUT2D eigenvalue weighted by atomic mass is 9.82. The molecule has 2 fully saturated rings. The molecule has 1 aliphatic carbocycles. The second-order valence-corrected chi connectivity index (χ2v) is 8.45. The third-order valence-electron chi connectivity index (χ3n) is 5.94. The molecule has 1 saturated heterocycles. The Hall–Kier alpha value is -1.89. The van der Waals surface area contributed by atoms with E-state index in [0.29, 0.717) is 25.4 Å². The Morgan fingerprint density at radius 1 is 1.37 bits per heavy atom. The maximum absolute atomic E-state index is 13.0. The molecule has 0 aromatic carbocycles. The van der Waals surface area contributed by atoms with Crippen molar-refractivity contribution in [3.8, 4) is 0 Å². The number of carbonyl (C=O) groups excluding carboxylic acids is 2. The Kier molecular flexibility index (Phi) is 5.21. The Labute approximate surface area is 159 Å². The van der Waals surface area contributed by atoms with Crippen LogP contribution in [0.3, 0.4) is 0 Å². The van der Waals surface area contributed by atoms with E-state index in [0.717, 1.165) is 49.4 Å². The average molecular weight is 375 g/mol. The summed E-state index contributed by atoms with van der Waals surface area (Å²) >= 11 is 0. The molecule has 3 heterocycles. The van der Waals surface area contributed by atoms with Gasteiger partial charge in [-0.2, -0.15) is 0 Å². The standard InChI is InChI=1S/C20H29N3O4/c1-12(2)3-6-19-22-15-10-23(8-7-16(15)27-19)20(25)13-4-5-14-17(9-13)26-11-18(24)21-14/h12-14,17H,3-11H2,1-2H3,(H,21,24)/t13-,14-,17-/m0/s1. The van der Waals surface area contributed by atoms with Gasteiger partial charge >= 0.3 is 0 Å². The summed E-state index contributed by atoms with van der Waals surface area (Å²) in [6.07, 6.45) is 4.89. The normalized spacial score (nSPS) is 27.9. The van der Waals surface area contributed by atoms with Crippen LogP contribution in [-0.4, -0.2) is 47.0 Å². The second-order valence-electron chi connectivity index (χ2n) is 8.45. The number of oxazole rings is 1. The van der Waals surface area contributed by atoms with Crippen LogP contribution in [-0.2, 0) is 33.7 Å². The summed E-state index contributed by atoms with van der Waals surface area (Å²) in [5.74, 6) is 2.47. The molecule has 0 radical (unpaired) electrons. The predicted molar refractivity (Wildman–Crippen MR) is 97.8 cm³/mol. The summed E-state index contributed by atoms with van der Waals surface area (Å²) in [6.45, 7) is 5.72. The largest absolute Gasteiger partial charge is 0.445 e. The molecule has 0 spiro atoms. The zero-order valence-electron chi connectivity index (χ0n) is 16.2. The van der Waals surface area contributed by atoms with Crippen LogP contribution in [0, 0.1) is 11.8 Å². The summed E-state index contributed by atoms with van der Waals surface area (Å²) in [4.78, 5) is 31.1. The number of aryl methyl sites for hydroxylation is 1. The molecule has 3 atom stereocenters. The molecule has 1 saturated carbocycles. The minimum absolute atomic E-state index is 0.0323. The van der Waals surface area contributed by atoms with Crippen LogP contribution in [0.1, 0.15) is 56.9 Å². The van der Waals surface area contributed by atoms with E-state index in [4.69, 9.17) is 9.15 Å². The zero-order chi connectivity index (χ0) is 19.0. The number of ether oxygens (including phenoxy) is 1. The predicted octanol–water partition coefficient (Wildman–Crippen LogP) is 1.83. The van der Waals surface area contributed by atoms with Gasteiger partial charge < -0.3 is 19.4 Å². The molecule has 3 aliphatic rings. The average Bonchev–Trinajstić information content (AvgIpc) is 3.07. The highest BCUT2D eigenvalue weighted by atomic mass is 16.5. The van der Waals surface area contributed by atoms with Crippen molar-refractivity contribution in [3.63, 3.8) is 0 Å². The highest BCUT2D eigenvalue weighted by Crippen LogP contribution is 2.31. The van der Waals surface area contributed by atoms with Crippen LogP contribution < -0.4 is 5.32 Å².